The van der Waals surface area contributed by atoms with Gasteiger partial charge in [-0.3, -0.25) is 19.1 Å². The molecule has 0 atom stereocenters. The lowest BCUT2D eigenvalue weighted by Gasteiger charge is -2.19. The number of aryl methyl sites for hydroxylation is 1. The van der Waals surface area contributed by atoms with Gasteiger partial charge in [-0.1, -0.05) is 0 Å². The first kappa shape index (κ1) is 17.3. The van der Waals surface area contributed by atoms with Crippen LogP contribution in [-0.2, 0) is 16.4 Å². The van der Waals surface area contributed by atoms with Crippen LogP contribution in [0.15, 0.2) is 22.0 Å². The molecule has 1 N–H and O–H groups in total. The molecule has 2 aromatic rings. The Morgan fingerprint density at radius 1 is 1.32 bits per heavy atom. The molecule has 25 heavy (non-hydrogen) atoms. The van der Waals surface area contributed by atoms with Crippen molar-refractivity contribution in [3.63, 3.8) is 0 Å². The van der Waals surface area contributed by atoms with Gasteiger partial charge in [0.25, 0.3) is 5.56 Å². The van der Waals surface area contributed by atoms with Gasteiger partial charge < -0.3 is 5.10 Å². The van der Waals surface area contributed by atoms with Gasteiger partial charge in [-0.2, -0.15) is 0 Å². The van der Waals surface area contributed by atoms with Crippen LogP contribution in [0.1, 0.15) is 45.2 Å². The number of ketones is 2. The minimum atomic E-state index is -3.92. The monoisotopic (exact) mass is 366 g/mol. The number of nitrogens with one attached hydrogen (secondary N) is 1. The fraction of sp³-hybridized carbons (Fsp3) is 0.312. The summed E-state index contributed by atoms with van der Waals surface area (Å²) < 4.78 is 39.9. The number of hydrogen-bond donors (Lipinski definition) is 1. The molecule has 1 aliphatic heterocycles. The van der Waals surface area contributed by atoms with Crippen LogP contribution in [-0.4, -0.2) is 35.5 Å². The van der Waals surface area contributed by atoms with Gasteiger partial charge >= 0.3 is 0 Å². The van der Waals surface area contributed by atoms with Crippen molar-refractivity contribution in [2.75, 3.05) is 5.75 Å². The number of carbonyl (C=O) groups is 2. The third kappa shape index (κ3) is 2.55. The zero-order valence-electron chi connectivity index (χ0n) is 13.6. The number of H-pyrrole nitrogens is 1. The van der Waals surface area contributed by atoms with Crippen molar-refractivity contribution in [3.05, 3.63) is 50.7 Å². The maximum atomic E-state index is 14.5. The molecule has 0 spiro atoms. The quantitative estimate of drug-likeness (QED) is 0.823. The Kier molecular flexibility index (Phi) is 3.98. The van der Waals surface area contributed by atoms with Crippen molar-refractivity contribution in [1.82, 2.24) is 9.78 Å². The van der Waals surface area contributed by atoms with E-state index < -0.39 is 43.4 Å². The second-order valence-electron chi connectivity index (χ2n) is 5.79. The highest BCUT2D eigenvalue weighted by atomic mass is 32.2. The van der Waals surface area contributed by atoms with Crippen LogP contribution in [0.5, 0.6) is 0 Å². The lowest BCUT2D eigenvalue weighted by Crippen LogP contribution is -2.26. The van der Waals surface area contributed by atoms with Gasteiger partial charge in [-0.05, 0) is 25.5 Å². The summed E-state index contributed by atoms with van der Waals surface area (Å²) in [5.74, 6) is -2.90. The Labute approximate surface area is 142 Å². The van der Waals surface area contributed by atoms with Crippen LogP contribution in [0.3, 0.4) is 0 Å². The zero-order chi connectivity index (χ0) is 18.5. The standard InChI is InChI=1S/C16H15FN2O5S/c1-3-19-16(22)10(7-18-19)14(21)9-6-11(17)15-13(8(9)2)12(20)4-5-25(15,23)24/h6-7,18H,3-5H2,1-2H3. The number of carbonyl (C=O) groups excluding carboxylic acids is 2. The Balaban J connectivity index is 2.26. The summed E-state index contributed by atoms with van der Waals surface area (Å²) in [5, 5.41) is 2.62. The predicted molar refractivity (Wildman–Crippen MR) is 86.3 cm³/mol. The number of benzene rings is 1. The molecule has 2 heterocycles. The number of rotatable bonds is 3. The molecular formula is C16H15FN2O5S. The third-order valence-corrected chi connectivity index (χ3v) is 6.09. The molecule has 1 aromatic carbocycles. The molecule has 3 rings (SSSR count). The molecule has 7 nitrogen and oxygen atoms in total. The van der Waals surface area contributed by atoms with E-state index in [0.717, 1.165) is 6.07 Å². The fourth-order valence-electron chi connectivity index (χ4n) is 3.01. The topological polar surface area (TPSA) is 106 Å². The molecule has 0 saturated heterocycles. The Bertz CT molecular complexity index is 1080. The minimum absolute atomic E-state index is 0.0679. The van der Waals surface area contributed by atoms with Gasteiger partial charge in [-0.15, -0.1) is 0 Å². The van der Waals surface area contributed by atoms with E-state index in [-0.39, 0.29) is 28.7 Å². The van der Waals surface area contributed by atoms with E-state index in [9.17, 15) is 27.2 Å². The fourth-order valence-corrected chi connectivity index (χ4v) is 4.60. The smallest absolute Gasteiger partial charge is 0.277 e. The SMILES string of the molecule is CCn1[nH]cc(C(=O)c2cc(F)c3c(c2C)C(=O)CCS3(=O)=O)c1=O. The van der Waals surface area contributed by atoms with E-state index >= 15 is 0 Å². The molecule has 0 unspecified atom stereocenters. The van der Waals surface area contributed by atoms with Crippen molar-refractivity contribution >= 4 is 21.4 Å². The van der Waals surface area contributed by atoms with Crippen molar-refractivity contribution in [1.29, 1.82) is 0 Å². The average molecular weight is 366 g/mol. The number of hydrogen-bond acceptors (Lipinski definition) is 5. The minimum Gasteiger partial charge on any atom is -0.302 e. The van der Waals surface area contributed by atoms with Crippen LogP contribution in [0.25, 0.3) is 0 Å². The first-order valence-electron chi connectivity index (χ1n) is 7.61. The van der Waals surface area contributed by atoms with Crippen LogP contribution in [0.2, 0.25) is 0 Å². The normalized spacial score (nSPS) is 15.9. The summed E-state index contributed by atoms with van der Waals surface area (Å²) in [7, 11) is -3.92. The summed E-state index contributed by atoms with van der Waals surface area (Å²) >= 11 is 0. The Hall–Kier alpha value is -2.55. The molecule has 9 heteroatoms. The molecule has 1 aliphatic rings. The largest absolute Gasteiger partial charge is 0.302 e. The van der Waals surface area contributed by atoms with Crippen molar-refractivity contribution in [2.45, 2.75) is 31.7 Å². The second-order valence-corrected chi connectivity index (χ2v) is 7.84. The predicted octanol–water partition coefficient (Wildman–Crippen LogP) is 1.23. The zero-order valence-corrected chi connectivity index (χ0v) is 14.4. The second kappa shape index (κ2) is 5.76. The molecule has 0 radical (unpaired) electrons. The lowest BCUT2D eigenvalue weighted by atomic mass is 9.93. The molecular weight excluding hydrogens is 351 g/mol. The highest BCUT2D eigenvalue weighted by Crippen LogP contribution is 2.32. The highest BCUT2D eigenvalue weighted by molar-refractivity contribution is 7.91. The summed E-state index contributed by atoms with van der Waals surface area (Å²) in [6, 6.07) is 0.787. The van der Waals surface area contributed by atoms with Gasteiger partial charge in [0.05, 0.1) is 5.75 Å². The number of Topliss-reactive ketones (excluding diaryl/α,β-unsaturated/α-hetero) is 1. The number of aromatic amines is 1. The molecule has 0 aliphatic carbocycles. The van der Waals surface area contributed by atoms with E-state index in [0.29, 0.717) is 6.54 Å². The van der Waals surface area contributed by atoms with E-state index in [4.69, 9.17) is 0 Å². The van der Waals surface area contributed by atoms with E-state index in [1.807, 2.05) is 0 Å². The highest BCUT2D eigenvalue weighted by Gasteiger charge is 2.36. The Morgan fingerprint density at radius 2 is 2.00 bits per heavy atom. The van der Waals surface area contributed by atoms with Crippen LogP contribution in [0, 0.1) is 12.7 Å². The lowest BCUT2D eigenvalue weighted by molar-refractivity contribution is 0.0981. The third-order valence-electron chi connectivity index (χ3n) is 4.33. The molecule has 132 valence electrons. The Morgan fingerprint density at radius 3 is 2.60 bits per heavy atom. The molecule has 1 aromatic heterocycles. The van der Waals surface area contributed by atoms with Crippen LogP contribution >= 0.6 is 0 Å². The average Bonchev–Trinajstić information content (AvgIpc) is 2.93. The van der Waals surface area contributed by atoms with Crippen molar-refractivity contribution in [3.8, 4) is 0 Å². The number of aromatic nitrogens is 2. The summed E-state index contributed by atoms with van der Waals surface area (Å²) in [4.78, 5) is 36.3. The molecule has 0 fully saturated rings. The first-order chi connectivity index (χ1) is 11.7. The van der Waals surface area contributed by atoms with Gasteiger partial charge in [0.2, 0.25) is 5.78 Å². The van der Waals surface area contributed by atoms with Crippen LogP contribution in [0.4, 0.5) is 4.39 Å². The maximum absolute atomic E-state index is 14.5. The molecule has 0 saturated carbocycles. The van der Waals surface area contributed by atoms with Crippen molar-refractivity contribution < 1.29 is 22.4 Å². The van der Waals surface area contributed by atoms with Gasteiger partial charge in [-0.25, -0.2) is 12.8 Å². The number of halogens is 1. The summed E-state index contributed by atoms with van der Waals surface area (Å²) in [6.07, 6.45) is 0.948. The van der Waals surface area contributed by atoms with E-state index in [1.165, 1.54) is 17.8 Å². The molecule has 0 bridgehead atoms. The number of nitrogens with zero attached hydrogens (tertiary/aromatic N) is 1. The molecule has 0 amide bonds. The van der Waals surface area contributed by atoms with Gasteiger partial charge in [0.15, 0.2) is 15.6 Å². The summed E-state index contributed by atoms with van der Waals surface area (Å²) in [5.41, 5.74) is -1.18. The van der Waals surface area contributed by atoms with Gasteiger partial charge in [0.1, 0.15) is 16.3 Å². The maximum Gasteiger partial charge on any atom is 0.277 e. The van der Waals surface area contributed by atoms with E-state index in [1.54, 1.807) is 6.92 Å². The number of fused-ring (bicyclic) bond motifs is 1. The summed E-state index contributed by atoms with van der Waals surface area (Å²) in [6.45, 7) is 3.41. The van der Waals surface area contributed by atoms with E-state index in [2.05, 4.69) is 5.10 Å². The van der Waals surface area contributed by atoms with Crippen LogP contribution < -0.4 is 5.56 Å². The first-order valence-corrected chi connectivity index (χ1v) is 9.26. The van der Waals surface area contributed by atoms with Crippen molar-refractivity contribution in [2.24, 2.45) is 0 Å². The number of sulfone groups is 1. The van der Waals surface area contributed by atoms with Gasteiger partial charge in [0, 0.05) is 30.3 Å².